The van der Waals surface area contributed by atoms with Gasteiger partial charge in [0.25, 0.3) is 0 Å². The SMILES string of the molecule is C=CC(=O)OCCOc1ccc(C2(c3ccc(OCCOC(=O)C=C)c(CC)c3)c3ccccc3-c3ccccc32)cc1CC. The third-order valence-electron chi connectivity index (χ3n) is 8.20. The van der Waals surface area contributed by atoms with E-state index in [2.05, 4.69) is 99.8 Å². The first-order valence-corrected chi connectivity index (χ1v) is 15.3. The number of fused-ring (bicyclic) bond motifs is 3. The van der Waals surface area contributed by atoms with Gasteiger partial charge < -0.3 is 18.9 Å². The van der Waals surface area contributed by atoms with Crippen LogP contribution < -0.4 is 9.47 Å². The molecule has 0 aromatic heterocycles. The van der Waals surface area contributed by atoms with Gasteiger partial charge in [-0.3, -0.25) is 0 Å². The number of rotatable bonds is 14. The number of hydrogen-bond acceptors (Lipinski definition) is 6. The van der Waals surface area contributed by atoms with Crippen LogP contribution in [0.15, 0.2) is 110 Å². The van der Waals surface area contributed by atoms with Crippen molar-refractivity contribution in [2.75, 3.05) is 26.4 Å². The van der Waals surface area contributed by atoms with Crippen LogP contribution in [-0.4, -0.2) is 38.4 Å². The third kappa shape index (κ3) is 6.14. The summed E-state index contributed by atoms with van der Waals surface area (Å²) in [7, 11) is 0. The second kappa shape index (κ2) is 14.1. The Balaban J connectivity index is 1.60. The highest BCUT2D eigenvalue weighted by molar-refractivity contribution is 5.86. The van der Waals surface area contributed by atoms with Crippen LogP contribution >= 0.6 is 0 Å². The number of ether oxygens (including phenoxy) is 4. The summed E-state index contributed by atoms with van der Waals surface area (Å²) in [6.07, 6.45) is 3.82. The highest BCUT2D eigenvalue weighted by Crippen LogP contribution is 2.56. The van der Waals surface area contributed by atoms with E-state index in [0.717, 1.165) is 58.7 Å². The van der Waals surface area contributed by atoms with Crippen molar-refractivity contribution in [2.24, 2.45) is 0 Å². The number of carbonyl (C=O) groups excluding carboxylic acids is 2. The number of hydrogen-bond donors (Lipinski definition) is 0. The Labute approximate surface area is 264 Å². The van der Waals surface area contributed by atoms with Gasteiger partial charge in [-0.1, -0.05) is 99.8 Å². The van der Waals surface area contributed by atoms with E-state index in [1.165, 1.54) is 22.3 Å². The molecule has 1 aliphatic rings. The minimum absolute atomic E-state index is 0.144. The monoisotopic (exact) mass is 602 g/mol. The van der Waals surface area contributed by atoms with Gasteiger partial charge in [0, 0.05) is 12.2 Å². The molecule has 230 valence electrons. The molecule has 4 aromatic rings. The van der Waals surface area contributed by atoms with E-state index in [0.29, 0.717) is 0 Å². The molecule has 45 heavy (non-hydrogen) atoms. The Morgan fingerprint density at radius 2 is 1.04 bits per heavy atom. The lowest BCUT2D eigenvalue weighted by Crippen LogP contribution is -2.29. The molecule has 0 amide bonds. The van der Waals surface area contributed by atoms with Gasteiger partial charge in [0.1, 0.15) is 37.9 Å². The lowest BCUT2D eigenvalue weighted by atomic mass is 9.67. The van der Waals surface area contributed by atoms with Crippen molar-refractivity contribution < 1.29 is 28.5 Å². The fraction of sp³-hybridized carbons (Fsp3) is 0.231. The summed E-state index contributed by atoms with van der Waals surface area (Å²) in [5.41, 5.74) is 8.65. The van der Waals surface area contributed by atoms with Gasteiger partial charge in [-0.25, -0.2) is 9.59 Å². The predicted molar refractivity (Wildman–Crippen MR) is 176 cm³/mol. The van der Waals surface area contributed by atoms with Crippen LogP contribution in [-0.2, 0) is 37.3 Å². The minimum atomic E-state index is -0.586. The average molecular weight is 603 g/mol. The molecule has 5 rings (SSSR count). The highest BCUT2D eigenvalue weighted by Gasteiger charge is 2.46. The number of esters is 2. The van der Waals surface area contributed by atoms with E-state index < -0.39 is 17.4 Å². The fourth-order valence-corrected chi connectivity index (χ4v) is 6.19. The smallest absolute Gasteiger partial charge is 0.330 e. The average Bonchev–Trinajstić information content (AvgIpc) is 3.39. The largest absolute Gasteiger partial charge is 0.490 e. The molecular weight excluding hydrogens is 564 g/mol. The second-order valence-electron chi connectivity index (χ2n) is 10.6. The maximum atomic E-state index is 11.5. The molecule has 4 aromatic carbocycles. The van der Waals surface area contributed by atoms with E-state index in [-0.39, 0.29) is 26.4 Å². The van der Waals surface area contributed by atoms with Crippen LogP contribution in [0.25, 0.3) is 11.1 Å². The first kappa shape index (κ1) is 31.3. The van der Waals surface area contributed by atoms with E-state index in [9.17, 15) is 9.59 Å². The van der Waals surface area contributed by atoms with Gasteiger partial charge in [-0.2, -0.15) is 0 Å². The van der Waals surface area contributed by atoms with Crippen molar-refractivity contribution >= 4 is 11.9 Å². The number of carbonyl (C=O) groups is 2. The summed E-state index contributed by atoms with van der Waals surface area (Å²) >= 11 is 0. The van der Waals surface area contributed by atoms with E-state index in [1.807, 2.05) is 12.1 Å². The van der Waals surface area contributed by atoms with Gasteiger partial charge in [-0.15, -0.1) is 0 Å². The lowest BCUT2D eigenvalue weighted by Gasteiger charge is -2.35. The van der Waals surface area contributed by atoms with Crippen molar-refractivity contribution in [1.29, 1.82) is 0 Å². The van der Waals surface area contributed by atoms with Crippen LogP contribution in [0.5, 0.6) is 11.5 Å². The van der Waals surface area contributed by atoms with Gasteiger partial charge in [0.2, 0.25) is 0 Å². The molecule has 1 aliphatic carbocycles. The van der Waals surface area contributed by atoms with Crippen molar-refractivity contribution in [3.63, 3.8) is 0 Å². The molecule has 0 saturated carbocycles. The molecule has 0 heterocycles. The molecule has 6 heteroatoms. The van der Waals surface area contributed by atoms with Crippen molar-refractivity contribution in [3.05, 3.63) is 144 Å². The zero-order chi connectivity index (χ0) is 31.8. The second-order valence-corrected chi connectivity index (χ2v) is 10.6. The topological polar surface area (TPSA) is 71.1 Å². The standard InChI is InChI=1S/C39H38O6/c1-5-27-25-29(17-19-35(27)42-21-23-44-37(40)7-3)39(33-15-11-9-13-31(33)32-14-10-12-16-34(32)39)30-18-20-36(28(6-2)26-30)43-22-24-45-38(41)8-4/h7-20,25-26H,3-6,21-24H2,1-2H3. The predicted octanol–water partition coefficient (Wildman–Crippen LogP) is 7.39. The quantitative estimate of drug-likeness (QED) is 0.0750. The normalized spacial score (nSPS) is 12.4. The summed E-state index contributed by atoms with van der Waals surface area (Å²) in [4.78, 5) is 22.9. The minimum Gasteiger partial charge on any atom is -0.490 e. The van der Waals surface area contributed by atoms with Crippen LogP contribution in [0, 0.1) is 0 Å². The summed E-state index contributed by atoms with van der Waals surface area (Å²) < 4.78 is 22.4. The van der Waals surface area contributed by atoms with Crippen molar-refractivity contribution in [2.45, 2.75) is 32.1 Å². The Kier molecular flexibility index (Phi) is 9.83. The Morgan fingerprint density at radius 1 is 0.622 bits per heavy atom. The van der Waals surface area contributed by atoms with Crippen molar-refractivity contribution in [1.82, 2.24) is 0 Å². The van der Waals surface area contributed by atoms with Crippen LogP contribution in [0.2, 0.25) is 0 Å². The first-order valence-electron chi connectivity index (χ1n) is 15.3. The Hall–Kier alpha value is -5.10. The fourth-order valence-electron chi connectivity index (χ4n) is 6.19. The molecular formula is C39H38O6. The number of benzene rings is 4. The molecule has 0 N–H and O–H groups in total. The van der Waals surface area contributed by atoms with Crippen LogP contribution in [0.4, 0.5) is 0 Å². The van der Waals surface area contributed by atoms with Crippen LogP contribution in [0.3, 0.4) is 0 Å². The summed E-state index contributed by atoms with van der Waals surface area (Å²) in [6, 6.07) is 30.1. The van der Waals surface area contributed by atoms with E-state index >= 15 is 0 Å². The maximum absolute atomic E-state index is 11.5. The lowest BCUT2D eigenvalue weighted by molar-refractivity contribution is -0.139. The summed E-state index contributed by atoms with van der Waals surface area (Å²) in [6.45, 7) is 11.9. The summed E-state index contributed by atoms with van der Waals surface area (Å²) in [5, 5.41) is 0. The molecule has 0 aliphatic heterocycles. The zero-order valence-electron chi connectivity index (χ0n) is 25.8. The highest BCUT2D eigenvalue weighted by atomic mass is 16.6. The maximum Gasteiger partial charge on any atom is 0.330 e. The molecule has 0 fully saturated rings. The molecule has 0 unspecified atom stereocenters. The summed E-state index contributed by atoms with van der Waals surface area (Å²) in [5.74, 6) is 0.592. The molecule has 0 bridgehead atoms. The van der Waals surface area contributed by atoms with E-state index in [1.54, 1.807) is 0 Å². The molecule has 0 spiro atoms. The van der Waals surface area contributed by atoms with Crippen molar-refractivity contribution in [3.8, 4) is 22.6 Å². The molecule has 0 radical (unpaired) electrons. The molecule has 6 nitrogen and oxygen atoms in total. The Morgan fingerprint density at radius 3 is 1.44 bits per heavy atom. The zero-order valence-corrected chi connectivity index (χ0v) is 25.8. The van der Waals surface area contributed by atoms with Gasteiger partial charge in [0.05, 0.1) is 5.41 Å². The first-order chi connectivity index (χ1) is 22.0. The van der Waals surface area contributed by atoms with Gasteiger partial charge in [0.15, 0.2) is 0 Å². The Bertz CT molecular complexity index is 1590. The van der Waals surface area contributed by atoms with E-state index in [4.69, 9.17) is 18.9 Å². The number of aryl methyl sites for hydroxylation is 2. The van der Waals surface area contributed by atoms with Crippen LogP contribution in [0.1, 0.15) is 47.2 Å². The third-order valence-corrected chi connectivity index (χ3v) is 8.20. The molecule has 0 atom stereocenters. The molecule has 0 saturated heterocycles. The van der Waals surface area contributed by atoms with Gasteiger partial charge >= 0.3 is 11.9 Å². The van der Waals surface area contributed by atoms with Gasteiger partial charge in [-0.05, 0) is 69.5 Å².